The lowest BCUT2D eigenvalue weighted by molar-refractivity contribution is -0.137. The van der Waals surface area contributed by atoms with Crippen molar-refractivity contribution in [1.82, 2.24) is 4.90 Å². The zero-order chi connectivity index (χ0) is 11.3. The van der Waals surface area contributed by atoms with Crippen molar-refractivity contribution in [3.8, 4) is 0 Å². The second-order valence-corrected chi connectivity index (χ2v) is 4.60. The Kier molecular flexibility index (Phi) is 5.09. The molecule has 1 rings (SSSR count). The van der Waals surface area contributed by atoms with Crippen LogP contribution in [0.15, 0.2) is 0 Å². The molecule has 0 heterocycles. The van der Waals surface area contributed by atoms with Crippen LogP contribution < -0.4 is 0 Å². The first-order valence-corrected chi connectivity index (χ1v) is 6.08. The van der Waals surface area contributed by atoms with Gasteiger partial charge in [-0.15, -0.1) is 0 Å². The summed E-state index contributed by atoms with van der Waals surface area (Å²) >= 11 is 0. The molecule has 1 aliphatic rings. The molecule has 1 amide bonds. The van der Waals surface area contributed by atoms with E-state index in [1.807, 2.05) is 6.92 Å². The fourth-order valence-corrected chi connectivity index (χ4v) is 2.31. The first kappa shape index (κ1) is 12.5. The number of hydrogen-bond donors (Lipinski definition) is 1. The lowest BCUT2D eigenvalue weighted by atomic mass is 9.82. The Morgan fingerprint density at radius 3 is 2.40 bits per heavy atom. The van der Waals surface area contributed by atoms with Gasteiger partial charge in [-0.2, -0.15) is 0 Å². The van der Waals surface area contributed by atoms with Gasteiger partial charge in [0, 0.05) is 19.0 Å². The van der Waals surface area contributed by atoms with Gasteiger partial charge in [-0.25, -0.2) is 0 Å². The number of aliphatic hydroxyl groups excluding tert-OH is 1. The predicted molar refractivity (Wildman–Crippen MR) is 60.5 cm³/mol. The lowest BCUT2D eigenvalue weighted by Crippen LogP contribution is -2.39. The number of amides is 1. The molecule has 1 fully saturated rings. The van der Waals surface area contributed by atoms with Gasteiger partial charge >= 0.3 is 0 Å². The molecule has 0 atom stereocenters. The number of likely N-dealkylation sites (N-methyl/N-ethyl adjacent to an activating group) is 1. The molecule has 0 saturated heterocycles. The average Bonchev–Trinajstić information content (AvgIpc) is 2.26. The van der Waals surface area contributed by atoms with Crippen LogP contribution in [-0.4, -0.2) is 35.6 Å². The molecule has 0 spiro atoms. The van der Waals surface area contributed by atoms with Crippen LogP contribution in [0.3, 0.4) is 0 Å². The number of rotatable bonds is 4. The van der Waals surface area contributed by atoms with Crippen LogP contribution in [0.2, 0.25) is 0 Å². The molecule has 0 aliphatic heterocycles. The van der Waals surface area contributed by atoms with Crippen LogP contribution in [0.1, 0.15) is 39.5 Å². The van der Waals surface area contributed by atoms with E-state index in [0.717, 1.165) is 18.8 Å². The highest BCUT2D eigenvalue weighted by atomic mass is 16.3. The second-order valence-electron chi connectivity index (χ2n) is 4.60. The highest BCUT2D eigenvalue weighted by molar-refractivity contribution is 5.78. The van der Waals surface area contributed by atoms with E-state index in [-0.39, 0.29) is 18.4 Å². The van der Waals surface area contributed by atoms with E-state index < -0.39 is 0 Å². The first-order chi connectivity index (χ1) is 7.19. The van der Waals surface area contributed by atoms with Gasteiger partial charge < -0.3 is 10.0 Å². The summed E-state index contributed by atoms with van der Waals surface area (Å²) in [5.74, 6) is 1.24. The van der Waals surface area contributed by atoms with Crippen LogP contribution in [-0.2, 0) is 4.79 Å². The van der Waals surface area contributed by atoms with E-state index in [4.69, 9.17) is 5.11 Å². The van der Waals surface area contributed by atoms with E-state index in [0.29, 0.717) is 13.1 Å². The van der Waals surface area contributed by atoms with Crippen molar-refractivity contribution < 1.29 is 9.90 Å². The molecule has 0 aromatic rings. The van der Waals surface area contributed by atoms with Crippen LogP contribution in [0.5, 0.6) is 0 Å². The number of aliphatic hydroxyl groups is 1. The third kappa shape index (κ3) is 3.49. The monoisotopic (exact) mass is 213 g/mol. The van der Waals surface area contributed by atoms with E-state index >= 15 is 0 Å². The molecule has 1 N–H and O–H groups in total. The highest BCUT2D eigenvalue weighted by Crippen LogP contribution is 2.29. The summed E-state index contributed by atoms with van der Waals surface area (Å²) < 4.78 is 0. The molecule has 1 saturated carbocycles. The van der Waals surface area contributed by atoms with Gasteiger partial charge in [0.2, 0.25) is 5.91 Å². The third-order valence-electron chi connectivity index (χ3n) is 3.43. The molecule has 0 radical (unpaired) electrons. The molecule has 3 nitrogen and oxygen atoms in total. The molecule has 0 aromatic carbocycles. The van der Waals surface area contributed by atoms with Gasteiger partial charge in [0.15, 0.2) is 0 Å². The zero-order valence-corrected chi connectivity index (χ0v) is 9.91. The Hall–Kier alpha value is -0.570. The minimum absolute atomic E-state index is 0.0721. The van der Waals surface area contributed by atoms with Gasteiger partial charge in [0.05, 0.1) is 6.61 Å². The maximum Gasteiger partial charge on any atom is 0.225 e. The second kappa shape index (κ2) is 6.11. The van der Waals surface area contributed by atoms with Crippen molar-refractivity contribution in [1.29, 1.82) is 0 Å². The Labute approximate surface area is 92.5 Å². The molecular formula is C12H23NO2. The third-order valence-corrected chi connectivity index (χ3v) is 3.43. The van der Waals surface area contributed by atoms with Gasteiger partial charge in [-0.1, -0.05) is 6.92 Å². The Balaban J connectivity index is 2.44. The minimum Gasteiger partial charge on any atom is -0.395 e. The van der Waals surface area contributed by atoms with E-state index in [1.165, 1.54) is 12.8 Å². The first-order valence-electron chi connectivity index (χ1n) is 6.08. The van der Waals surface area contributed by atoms with Gasteiger partial charge in [0.1, 0.15) is 0 Å². The van der Waals surface area contributed by atoms with Crippen LogP contribution in [0.4, 0.5) is 0 Å². The van der Waals surface area contributed by atoms with Crippen LogP contribution in [0, 0.1) is 11.8 Å². The van der Waals surface area contributed by atoms with E-state index in [2.05, 4.69) is 6.92 Å². The van der Waals surface area contributed by atoms with Gasteiger partial charge in [0.25, 0.3) is 0 Å². The molecule has 1 aliphatic carbocycles. The molecular weight excluding hydrogens is 190 g/mol. The Bertz CT molecular complexity index is 198. The number of nitrogens with zero attached hydrogens (tertiary/aromatic N) is 1. The molecule has 15 heavy (non-hydrogen) atoms. The van der Waals surface area contributed by atoms with Gasteiger partial charge in [-0.3, -0.25) is 4.79 Å². The Morgan fingerprint density at radius 2 is 1.93 bits per heavy atom. The summed E-state index contributed by atoms with van der Waals surface area (Å²) in [6, 6.07) is 0. The zero-order valence-electron chi connectivity index (χ0n) is 9.91. The summed E-state index contributed by atoms with van der Waals surface area (Å²) in [7, 11) is 0. The maximum absolute atomic E-state index is 12.0. The van der Waals surface area contributed by atoms with Crippen molar-refractivity contribution in [2.75, 3.05) is 19.7 Å². The molecule has 0 bridgehead atoms. The van der Waals surface area contributed by atoms with Gasteiger partial charge in [-0.05, 0) is 38.5 Å². The van der Waals surface area contributed by atoms with Crippen LogP contribution >= 0.6 is 0 Å². The summed E-state index contributed by atoms with van der Waals surface area (Å²) in [4.78, 5) is 13.8. The predicted octanol–water partition coefficient (Wildman–Crippen LogP) is 1.65. The van der Waals surface area contributed by atoms with Crippen molar-refractivity contribution >= 4 is 5.91 Å². The number of carbonyl (C=O) groups excluding carboxylic acids is 1. The summed E-state index contributed by atoms with van der Waals surface area (Å²) in [6.45, 7) is 5.50. The minimum atomic E-state index is 0.0721. The van der Waals surface area contributed by atoms with E-state index in [9.17, 15) is 4.79 Å². The quantitative estimate of drug-likeness (QED) is 0.771. The summed E-state index contributed by atoms with van der Waals surface area (Å²) in [5.41, 5.74) is 0. The topological polar surface area (TPSA) is 40.5 Å². The SMILES string of the molecule is CCN(CCO)C(=O)C1CCC(C)CC1. The van der Waals surface area contributed by atoms with Crippen molar-refractivity contribution in [2.45, 2.75) is 39.5 Å². The molecule has 88 valence electrons. The largest absolute Gasteiger partial charge is 0.395 e. The molecule has 3 heteroatoms. The Morgan fingerprint density at radius 1 is 1.33 bits per heavy atom. The fourth-order valence-electron chi connectivity index (χ4n) is 2.31. The number of hydrogen-bond acceptors (Lipinski definition) is 2. The number of carbonyl (C=O) groups is 1. The lowest BCUT2D eigenvalue weighted by Gasteiger charge is -2.30. The smallest absolute Gasteiger partial charge is 0.225 e. The molecule has 0 unspecified atom stereocenters. The van der Waals surface area contributed by atoms with E-state index in [1.54, 1.807) is 4.90 Å². The van der Waals surface area contributed by atoms with Crippen molar-refractivity contribution in [2.24, 2.45) is 11.8 Å². The normalized spacial score (nSPS) is 26.3. The van der Waals surface area contributed by atoms with Crippen molar-refractivity contribution in [3.05, 3.63) is 0 Å². The summed E-state index contributed by atoms with van der Waals surface area (Å²) in [6.07, 6.45) is 4.41. The molecule has 0 aromatic heterocycles. The van der Waals surface area contributed by atoms with Crippen LogP contribution in [0.25, 0.3) is 0 Å². The fraction of sp³-hybridized carbons (Fsp3) is 0.917. The average molecular weight is 213 g/mol. The highest BCUT2D eigenvalue weighted by Gasteiger charge is 2.27. The standard InChI is InChI=1S/C12H23NO2/c1-3-13(8-9-14)12(15)11-6-4-10(2)5-7-11/h10-11,14H,3-9H2,1-2H3. The maximum atomic E-state index is 12.0. The van der Waals surface area contributed by atoms with Crippen molar-refractivity contribution in [3.63, 3.8) is 0 Å². The summed E-state index contributed by atoms with van der Waals surface area (Å²) in [5, 5.41) is 8.86.